The number of alkyl carbamates (subject to hydrolysis) is 2. The van der Waals surface area contributed by atoms with Crippen molar-refractivity contribution in [1.29, 1.82) is 0 Å². The molecule has 0 spiro atoms. The number of ether oxygens (including phenoxy) is 2. The number of hydrogen-bond donors (Lipinski definition) is 4. The molecule has 1 heterocycles. The van der Waals surface area contributed by atoms with E-state index in [0.29, 0.717) is 25.8 Å². The van der Waals surface area contributed by atoms with Crippen LogP contribution in [0.3, 0.4) is 0 Å². The molecule has 14 nitrogen and oxygen atoms in total. The summed E-state index contributed by atoms with van der Waals surface area (Å²) in [6.07, 6.45) is 1.21. The summed E-state index contributed by atoms with van der Waals surface area (Å²) in [5, 5.41) is 15.1. The van der Waals surface area contributed by atoms with Gasteiger partial charge in [-0.3, -0.25) is 23.9 Å². The van der Waals surface area contributed by atoms with Crippen molar-refractivity contribution in [3.8, 4) is 11.1 Å². The highest BCUT2D eigenvalue weighted by Crippen LogP contribution is 2.44. The molecule has 4 N–H and O–H groups in total. The fourth-order valence-electron chi connectivity index (χ4n) is 5.70. The van der Waals surface area contributed by atoms with E-state index in [1.165, 1.54) is 13.1 Å². The van der Waals surface area contributed by atoms with Crippen LogP contribution in [0.2, 0.25) is 0 Å². The number of rotatable bonds is 14. The Labute approximate surface area is 283 Å². The molecule has 14 heteroatoms. The molecule has 1 aromatic heterocycles. The summed E-state index contributed by atoms with van der Waals surface area (Å²) in [6.45, 7) is 5.66. The Balaban J connectivity index is 1.45. The quantitative estimate of drug-likeness (QED) is 0.186. The van der Waals surface area contributed by atoms with Crippen LogP contribution < -0.4 is 21.9 Å². The van der Waals surface area contributed by atoms with Crippen molar-refractivity contribution in [3.63, 3.8) is 0 Å². The van der Waals surface area contributed by atoms with Gasteiger partial charge in [-0.25, -0.2) is 14.4 Å². The number of amides is 3. The van der Waals surface area contributed by atoms with Crippen LogP contribution >= 0.6 is 0 Å². The number of aromatic nitrogens is 2. The molecule has 0 saturated heterocycles. The van der Waals surface area contributed by atoms with Gasteiger partial charge in [0.25, 0.3) is 5.56 Å². The number of carbonyl (C=O) groups excluding carboxylic acids is 3. The summed E-state index contributed by atoms with van der Waals surface area (Å²) >= 11 is 0. The second kappa shape index (κ2) is 16.1. The molecule has 0 aliphatic heterocycles. The summed E-state index contributed by atoms with van der Waals surface area (Å²) in [5.74, 6) is -2.18. The number of H-pyrrole nitrogens is 1. The fraction of sp³-hybridized carbons (Fsp3) is 0.429. The van der Waals surface area contributed by atoms with Crippen LogP contribution in [0.4, 0.5) is 9.59 Å². The Kier molecular flexibility index (Phi) is 12.0. The number of unbranched alkanes of at least 4 members (excludes halogenated alkanes) is 1. The predicted octanol–water partition coefficient (Wildman–Crippen LogP) is 3.36. The first kappa shape index (κ1) is 36.4. The molecular weight excluding hydrogens is 634 g/mol. The zero-order chi connectivity index (χ0) is 35.7. The topological polar surface area (TPSA) is 189 Å². The Bertz CT molecular complexity index is 1750. The second-order valence-electron chi connectivity index (χ2n) is 13.0. The highest BCUT2D eigenvalue weighted by molar-refractivity contribution is 5.81. The van der Waals surface area contributed by atoms with Gasteiger partial charge in [-0.1, -0.05) is 48.5 Å². The molecule has 1 aliphatic carbocycles. The smallest absolute Gasteiger partial charge is 0.407 e. The van der Waals surface area contributed by atoms with Crippen molar-refractivity contribution in [2.45, 2.75) is 71.1 Å². The first-order valence-electron chi connectivity index (χ1n) is 16.1. The van der Waals surface area contributed by atoms with E-state index >= 15 is 0 Å². The number of fused-ring (bicyclic) bond motifs is 3. The lowest BCUT2D eigenvalue weighted by atomic mass is 9.98. The van der Waals surface area contributed by atoms with Gasteiger partial charge in [0.1, 0.15) is 25.3 Å². The molecule has 0 radical (unpaired) electrons. The Morgan fingerprint density at radius 2 is 1.61 bits per heavy atom. The summed E-state index contributed by atoms with van der Waals surface area (Å²) in [6, 6.07) is 15.1. The lowest BCUT2D eigenvalue weighted by Gasteiger charge is -2.27. The van der Waals surface area contributed by atoms with E-state index in [9.17, 15) is 33.9 Å². The zero-order valence-electron chi connectivity index (χ0n) is 28.1. The van der Waals surface area contributed by atoms with Crippen LogP contribution in [0.25, 0.3) is 11.1 Å². The first-order valence-corrected chi connectivity index (χ1v) is 16.1. The van der Waals surface area contributed by atoms with Crippen LogP contribution in [0.1, 0.15) is 62.6 Å². The maximum Gasteiger partial charge on any atom is 0.407 e. The minimum atomic E-state index is -1.29. The van der Waals surface area contributed by atoms with Crippen molar-refractivity contribution in [1.82, 2.24) is 25.1 Å². The molecule has 1 atom stereocenters. The van der Waals surface area contributed by atoms with Gasteiger partial charge in [0.15, 0.2) is 0 Å². The third-order valence-corrected chi connectivity index (χ3v) is 7.93. The summed E-state index contributed by atoms with van der Waals surface area (Å²) in [7, 11) is 0. The number of aliphatic carboxylic acids is 1. The van der Waals surface area contributed by atoms with Crippen molar-refractivity contribution in [2.24, 2.45) is 0 Å². The van der Waals surface area contributed by atoms with Crippen molar-refractivity contribution < 1.29 is 33.8 Å². The Hall–Kier alpha value is -5.40. The van der Waals surface area contributed by atoms with Crippen molar-refractivity contribution in [3.05, 3.63) is 92.3 Å². The Morgan fingerprint density at radius 1 is 0.980 bits per heavy atom. The van der Waals surface area contributed by atoms with Crippen LogP contribution in [0, 0.1) is 6.92 Å². The summed E-state index contributed by atoms with van der Waals surface area (Å²) in [4.78, 5) is 77.6. The van der Waals surface area contributed by atoms with Crippen LogP contribution in [-0.2, 0) is 25.6 Å². The number of carboxylic acids is 1. The van der Waals surface area contributed by atoms with Gasteiger partial charge in [-0.05, 0) is 69.2 Å². The molecule has 0 fully saturated rings. The van der Waals surface area contributed by atoms with E-state index in [4.69, 9.17) is 9.47 Å². The molecule has 262 valence electrons. The van der Waals surface area contributed by atoms with E-state index in [-0.39, 0.29) is 24.6 Å². The largest absolute Gasteiger partial charge is 0.480 e. The van der Waals surface area contributed by atoms with E-state index in [1.807, 2.05) is 48.5 Å². The maximum atomic E-state index is 13.3. The Morgan fingerprint density at radius 3 is 2.22 bits per heavy atom. The number of aromatic amines is 1. The van der Waals surface area contributed by atoms with Crippen LogP contribution in [0.15, 0.2) is 64.3 Å². The van der Waals surface area contributed by atoms with Crippen LogP contribution in [-0.4, -0.2) is 81.5 Å². The van der Waals surface area contributed by atoms with E-state index in [1.54, 1.807) is 20.8 Å². The first-order chi connectivity index (χ1) is 23.2. The molecule has 2 aromatic carbocycles. The van der Waals surface area contributed by atoms with Gasteiger partial charge in [-0.2, -0.15) is 0 Å². The number of carboxylic acid groups (broad SMARTS) is 1. The molecule has 3 amide bonds. The number of aryl methyl sites for hydroxylation is 1. The minimum absolute atomic E-state index is 0.0542. The predicted molar refractivity (Wildman–Crippen MR) is 180 cm³/mol. The molecule has 0 bridgehead atoms. The van der Waals surface area contributed by atoms with Crippen molar-refractivity contribution in [2.75, 3.05) is 26.2 Å². The normalized spacial score (nSPS) is 12.7. The van der Waals surface area contributed by atoms with Gasteiger partial charge in [0.05, 0.1) is 0 Å². The van der Waals surface area contributed by atoms with Gasteiger partial charge in [0.2, 0.25) is 5.91 Å². The number of hydrogen-bond acceptors (Lipinski definition) is 8. The third kappa shape index (κ3) is 10.3. The van der Waals surface area contributed by atoms with Gasteiger partial charge < -0.3 is 30.1 Å². The lowest BCUT2D eigenvalue weighted by molar-refractivity contribution is -0.145. The molecule has 3 aromatic rings. The lowest BCUT2D eigenvalue weighted by Crippen LogP contribution is -2.49. The van der Waals surface area contributed by atoms with E-state index in [0.717, 1.165) is 31.7 Å². The fourth-order valence-corrected chi connectivity index (χ4v) is 5.70. The molecule has 49 heavy (non-hydrogen) atoms. The summed E-state index contributed by atoms with van der Waals surface area (Å²) in [5.41, 5.74) is 2.37. The number of nitrogens with one attached hydrogen (secondary N) is 3. The SMILES string of the molecule is Cc1cn(CC(=O)N(CC(=O)O)C[C@H](CCCCNC(=O)OC(C)(C)C)NC(=O)OCC2c3ccccc3-c3ccccc32)c(=O)[nH]c1=O. The van der Waals surface area contributed by atoms with Gasteiger partial charge in [0, 0.05) is 36.8 Å². The molecule has 1 aliphatic rings. The highest BCUT2D eigenvalue weighted by atomic mass is 16.6. The minimum Gasteiger partial charge on any atom is -0.480 e. The van der Waals surface area contributed by atoms with Gasteiger partial charge >= 0.3 is 23.8 Å². The zero-order valence-corrected chi connectivity index (χ0v) is 28.1. The molecule has 4 rings (SSSR count). The van der Waals surface area contributed by atoms with E-state index in [2.05, 4.69) is 15.6 Å². The second-order valence-corrected chi connectivity index (χ2v) is 13.0. The van der Waals surface area contributed by atoms with Crippen molar-refractivity contribution >= 4 is 24.1 Å². The molecular formula is C35H43N5O9. The van der Waals surface area contributed by atoms with E-state index < -0.39 is 60.0 Å². The van der Waals surface area contributed by atoms with Gasteiger partial charge in [-0.15, -0.1) is 0 Å². The number of benzene rings is 2. The average Bonchev–Trinajstić information content (AvgIpc) is 3.34. The maximum absolute atomic E-state index is 13.3. The van der Waals surface area contributed by atoms with Crippen LogP contribution in [0.5, 0.6) is 0 Å². The number of carbonyl (C=O) groups is 4. The monoisotopic (exact) mass is 677 g/mol. The standard InChI is InChI=1S/C35H43N5O9/c1-22-17-40(32(45)38-31(22)44)19-29(41)39(20-30(42)43)18-23(11-9-10-16-36-33(46)49-35(2,3)4)37-34(47)48-21-28-26-14-7-5-12-24(26)25-13-6-8-15-27(25)28/h5-8,12-15,17,23,28H,9-11,16,18-21H2,1-4H3,(H,36,46)(H,37,47)(H,42,43)(H,38,44,45)/t23-/m0/s1. The molecule has 0 unspecified atom stereocenters. The molecule has 0 saturated carbocycles. The average molecular weight is 678 g/mol. The summed E-state index contributed by atoms with van der Waals surface area (Å²) < 4.78 is 12.0. The third-order valence-electron chi connectivity index (χ3n) is 7.93. The number of nitrogens with zero attached hydrogens (tertiary/aromatic N) is 2. The highest BCUT2D eigenvalue weighted by Gasteiger charge is 2.30.